The van der Waals surface area contributed by atoms with Crippen LogP contribution in [0.2, 0.25) is 0 Å². The maximum atomic E-state index is 11.3. The number of nitrogens with zero attached hydrogens (tertiary/aromatic N) is 1. The second-order valence-electron chi connectivity index (χ2n) is 4.85. The average molecular weight is 282 g/mol. The van der Waals surface area contributed by atoms with Crippen molar-refractivity contribution in [2.45, 2.75) is 33.2 Å². The number of para-hydroxylation sites is 1. The average Bonchev–Trinajstić information content (AvgIpc) is 2.38. The van der Waals surface area contributed by atoms with Gasteiger partial charge in [-0.25, -0.2) is 0 Å². The first-order valence-electron chi connectivity index (χ1n) is 6.78. The van der Waals surface area contributed by atoms with Gasteiger partial charge in [-0.05, 0) is 31.4 Å². The zero-order valence-electron chi connectivity index (χ0n) is 12.1. The Bertz CT molecular complexity index is 449. The van der Waals surface area contributed by atoms with Crippen LogP contribution in [0, 0.1) is 16.0 Å². The molecule has 0 saturated heterocycles. The van der Waals surface area contributed by atoms with Crippen molar-refractivity contribution in [3.8, 4) is 5.75 Å². The summed E-state index contributed by atoms with van der Waals surface area (Å²) in [6.07, 6.45) is 0.535. The number of hydrogen-bond donors (Lipinski definition) is 2. The third-order valence-corrected chi connectivity index (χ3v) is 3.07. The number of rotatable bonds is 8. The van der Waals surface area contributed by atoms with Gasteiger partial charge in [0.15, 0.2) is 5.75 Å². The van der Waals surface area contributed by atoms with Crippen molar-refractivity contribution >= 4 is 11.4 Å². The molecule has 0 aromatic heterocycles. The van der Waals surface area contributed by atoms with E-state index < -0.39 is 4.92 Å². The van der Waals surface area contributed by atoms with E-state index in [1.165, 1.54) is 0 Å². The van der Waals surface area contributed by atoms with E-state index in [9.17, 15) is 10.1 Å². The molecule has 6 heteroatoms. The first-order chi connectivity index (χ1) is 9.51. The standard InChI is InChI=1S/C14H22N2O4/c1-4-20-13-7-5-6-12(14(13)16(18)19)15-11(8-9-17)10(2)3/h5-7,10-11,15,17H,4,8-9H2,1-3H3. The molecule has 0 bridgehead atoms. The van der Waals surface area contributed by atoms with Gasteiger partial charge in [0.2, 0.25) is 0 Å². The lowest BCUT2D eigenvalue weighted by atomic mass is 10.0. The third-order valence-electron chi connectivity index (χ3n) is 3.07. The van der Waals surface area contributed by atoms with Crippen LogP contribution in [0.4, 0.5) is 11.4 Å². The van der Waals surface area contributed by atoms with Crippen LogP contribution in [0.3, 0.4) is 0 Å². The van der Waals surface area contributed by atoms with Crippen molar-refractivity contribution in [3.05, 3.63) is 28.3 Å². The van der Waals surface area contributed by atoms with Crippen LogP contribution < -0.4 is 10.1 Å². The number of nitrogens with one attached hydrogen (secondary N) is 1. The van der Waals surface area contributed by atoms with Gasteiger partial charge in [0, 0.05) is 12.6 Å². The summed E-state index contributed by atoms with van der Waals surface area (Å²) in [7, 11) is 0. The van der Waals surface area contributed by atoms with Gasteiger partial charge >= 0.3 is 5.69 Å². The molecule has 0 amide bonds. The topological polar surface area (TPSA) is 84.6 Å². The molecule has 0 aliphatic rings. The molecule has 1 atom stereocenters. The number of anilines is 1. The fraction of sp³-hybridized carbons (Fsp3) is 0.571. The second kappa shape index (κ2) is 7.69. The van der Waals surface area contributed by atoms with Gasteiger partial charge in [0.05, 0.1) is 11.5 Å². The van der Waals surface area contributed by atoms with Crippen molar-refractivity contribution in [1.29, 1.82) is 0 Å². The Morgan fingerprint density at radius 2 is 2.15 bits per heavy atom. The van der Waals surface area contributed by atoms with E-state index in [1.54, 1.807) is 25.1 Å². The van der Waals surface area contributed by atoms with Crippen molar-refractivity contribution in [1.82, 2.24) is 0 Å². The summed E-state index contributed by atoms with van der Waals surface area (Å²) in [4.78, 5) is 10.8. The van der Waals surface area contributed by atoms with E-state index in [4.69, 9.17) is 9.84 Å². The monoisotopic (exact) mass is 282 g/mol. The molecule has 0 radical (unpaired) electrons. The minimum atomic E-state index is -0.441. The van der Waals surface area contributed by atoms with Crippen LogP contribution >= 0.6 is 0 Å². The van der Waals surface area contributed by atoms with Crippen molar-refractivity contribution in [2.24, 2.45) is 5.92 Å². The Kier molecular flexibility index (Phi) is 6.24. The van der Waals surface area contributed by atoms with Gasteiger partial charge in [0.25, 0.3) is 0 Å². The minimum Gasteiger partial charge on any atom is -0.487 e. The lowest BCUT2D eigenvalue weighted by Gasteiger charge is -2.23. The largest absolute Gasteiger partial charge is 0.487 e. The van der Waals surface area contributed by atoms with Crippen molar-refractivity contribution in [3.63, 3.8) is 0 Å². The number of hydrogen-bond acceptors (Lipinski definition) is 5. The van der Waals surface area contributed by atoms with Crippen LogP contribution in [0.25, 0.3) is 0 Å². The summed E-state index contributed by atoms with van der Waals surface area (Å²) in [5, 5.41) is 23.5. The summed E-state index contributed by atoms with van der Waals surface area (Å²) in [5.74, 6) is 0.506. The predicted octanol–water partition coefficient (Wildman–Crippen LogP) is 2.81. The molecule has 0 spiro atoms. The summed E-state index contributed by atoms with van der Waals surface area (Å²) in [6, 6.07) is 4.93. The maximum absolute atomic E-state index is 11.3. The molecule has 1 aromatic carbocycles. The van der Waals surface area contributed by atoms with Gasteiger partial charge in [-0.1, -0.05) is 19.9 Å². The number of nitro groups is 1. The fourth-order valence-electron chi connectivity index (χ4n) is 2.01. The maximum Gasteiger partial charge on any atom is 0.333 e. The Hall–Kier alpha value is -1.82. The molecule has 0 heterocycles. The molecular weight excluding hydrogens is 260 g/mol. The molecule has 2 N–H and O–H groups in total. The number of nitro benzene ring substituents is 1. The van der Waals surface area contributed by atoms with Crippen molar-refractivity contribution in [2.75, 3.05) is 18.5 Å². The predicted molar refractivity (Wildman–Crippen MR) is 78.2 cm³/mol. The summed E-state index contributed by atoms with van der Waals surface area (Å²) in [6.45, 7) is 6.20. The van der Waals surface area contributed by atoms with Gasteiger partial charge in [-0.15, -0.1) is 0 Å². The number of aliphatic hydroxyl groups excluding tert-OH is 1. The normalized spacial score (nSPS) is 12.2. The number of benzene rings is 1. The zero-order chi connectivity index (χ0) is 15.1. The molecule has 0 aliphatic heterocycles. The molecular formula is C14H22N2O4. The zero-order valence-corrected chi connectivity index (χ0v) is 12.1. The second-order valence-corrected chi connectivity index (χ2v) is 4.85. The van der Waals surface area contributed by atoms with E-state index in [-0.39, 0.29) is 30.0 Å². The highest BCUT2D eigenvalue weighted by molar-refractivity contribution is 5.68. The van der Waals surface area contributed by atoms with Crippen molar-refractivity contribution < 1.29 is 14.8 Å². The van der Waals surface area contributed by atoms with Crippen LogP contribution in [-0.2, 0) is 0 Å². The Balaban J connectivity index is 3.09. The van der Waals surface area contributed by atoms with E-state index in [2.05, 4.69) is 5.32 Å². The lowest BCUT2D eigenvalue weighted by molar-refractivity contribution is -0.385. The summed E-state index contributed by atoms with van der Waals surface area (Å²) in [5.41, 5.74) is 0.367. The molecule has 0 aliphatic carbocycles. The van der Waals surface area contributed by atoms with Crippen LogP contribution in [0.15, 0.2) is 18.2 Å². The van der Waals surface area contributed by atoms with Gasteiger partial charge in [0.1, 0.15) is 5.69 Å². The smallest absolute Gasteiger partial charge is 0.333 e. The Labute approximate surface area is 118 Å². The molecule has 0 saturated carbocycles. The highest BCUT2D eigenvalue weighted by Gasteiger charge is 2.23. The molecule has 20 heavy (non-hydrogen) atoms. The van der Waals surface area contributed by atoms with E-state index in [1.807, 2.05) is 13.8 Å². The highest BCUT2D eigenvalue weighted by Crippen LogP contribution is 2.35. The first-order valence-corrected chi connectivity index (χ1v) is 6.78. The number of ether oxygens (including phenoxy) is 1. The molecule has 6 nitrogen and oxygen atoms in total. The SMILES string of the molecule is CCOc1cccc(NC(CCO)C(C)C)c1[N+](=O)[O-]. The Morgan fingerprint density at radius 3 is 2.65 bits per heavy atom. The first kappa shape index (κ1) is 16.2. The van der Waals surface area contributed by atoms with Crippen LogP contribution in [0.5, 0.6) is 5.75 Å². The minimum absolute atomic E-state index is 0.0319. The third kappa shape index (κ3) is 4.09. The molecule has 1 rings (SSSR count). The lowest BCUT2D eigenvalue weighted by Crippen LogP contribution is -2.27. The summed E-state index contributed by atoms with van der Waals surface area (Å²) >= 11 is 0. The van der Waals surface area contributed by atoms with Gasteiger partial charge in [-0.2, -0.15) is 0 Å². The molecule has 112 valence electrons. The van der Waals surface area contributed by atoms with E-state index in [0.717, 1.165) is 0 Å². The van der Waals surface area contributed by atoms with Gasteiger partial charge in [-0.3, -0.25) is 10.1 Å². The van der Waals surface area contributed by atoms with Crippen LogP contribution in [-0.4, -0.2) is 29.3 Å². The number of aliphatic hydroxyl groups is 1. The van der Waals surface area contributed by atoms with E-state index in [0.29, 0.717) is 18.7 Å². The molecule has 1 aromatic rings. The quantitative estimate of drug-likeness (QED) is 0.565. The summed E-state index contributed by atoms with van der Waals surface area (Å²) < 4.78 is 5.31. The fourth-order valence-corrected chi connectivity index (χ4v) is 2.01. The Morgan fingerprint density at radius 1 is 1.45 bits per heavy atom. The molecule has 0 fully saturated rings. The van der Waals surface area contributed by atoms with Gasteiger partial charge < -0.3 is 15.2 Å². The molecule has 1 unspecified atom stereocenters. The van der Waals surface area contributed by atoms with E-state index >= 15 is 0 Å². The highest BCUT2D eigenvalue weighted by atomic mass is 16.6. The van der Waals surface area contributed by atoms with Crippen LogP contribution in [0.1, 0.15) is 27.2 Å².